The van der Waals surface area contributed by atoms with E-state index in [1.807, 2.05) is 12.1 Å². The Balaban J connectivity index is 2.54. The molecular formula is C16H26FN. The van der Waals surface area contributed by atoms with Gasteiger partial charge in [0.25, 0.3) is 0 Å². The summed E-state index contributed by atoms with van der Waals surface area (Å²) in [5, 5.41) is 3.48. The quantitative estimate of drug-likeness (QED) is 0.638. The van der Waals surface area contributed by atoms with Gasteiger partial charge in [-0.2, -0.15) is 0 Å². The van der Waals surface area contributed by atoms with Gasteiger partial charge in [-0.25, -0.2) is 4.39 Å². The van der Waals surface area contributed by atoms with Crippen molar-refractivity contribution in [3.05, 3.63) is 35.6 Å². The summed E-state index contributed by atoms with van der Waals surface area (Å²) in [6.07, 6.45) is 6.14. The molecule has 0 bridgehead atoms. The van der Waals surface area contributed by atoms with Crippen molar-refractivity contribution in [2.45, 2.75) is 51.9 Å². The fourth-order valence-electron chi connectivity index (χ4n) is 2.22. The Morgan fingerprint density at radius 3 is 2.39 bits per heavy atom. The Hall–Kier alpha value is -0.890. The van der Waals surface area contributed by atoms with E-state index in [0.29, 0.717) is 5.92 Å². The van der Waals surface area contributed by atoms with Crippen LogP contribution in [0.1, 0.15) is 57.4 Å². The van der Waals surface area contributed by atoms with Crippen LogP contribution in [0.4, 0.5) is 4.39 Å². The molecule has 1 aromatic rings. The monoisotopic (exact) mass is 251 g/mol. The van der Waals surface area contributed by atoms with Crippen LogP contribution in [0.5, 0.6) is 0 Å². The van der Waals surface area contributed by atoms with E-state index in [0.717, 1.165) is 19.5 Å². The number of unbranched alkanes of at least 4 members (excludes halogenated alkanes) is 2. The van der Waals surface area contributed by atoms with Crippen LogP contribution < -0.4 is 5.32 Å². The molecule has 1 N–H and O–H groups in total. The lowest BCUT2D eigenvalue weighted by Crippen LogP contribution is -2.22. The molecule has 0 aliphatic carbocycles. The molecule has 1 unspecified atom stereocenters. The van der Waals surface area contributed by atoms with E-state index in [4.69, 9.17) is 0 Å². The summed E-state index contributed by atoms with van der Waals surface area (Å²) in [5.41, 5.74) is 1.26. The summed E-state index contributed by atoms with van der Waals surface area (Å²) in [7, 11) is 0. The van der Waals surface area contributed by atoms with Gasteiger partial charge in [-0.3, -0.25) is 0 Å². The van der Waals surface area contributed by atoms with Crippen molar-refractivity contribution in [3.8, 4) is 0 Å². The van der Waals surface area contributed by atoms with E-state index >= 15 is 0 Å². The summed E-state index contributed by atoms with van der Waals surface area (Å²) in [6, 6.07) is 7.00. The second-order valence-electron chi connectivity index (χ2n) is 4.95. The van der Waals surface area contributed by atoms with E-state index in [1.165, 1.54) is 31.2 Å². The third-order valence-corrected chi connectivity index (χ3v) is 3.32. The molecule has 18 heavy (non-hydrogen) atoms. The fraction of sp³-hybridized carbons (Fsp3) is 0.625. The zero-order valence-electron chi connectivity index (χ0n) is 11.7. The number of halogens is 1. The summed E-state index contributed by atoms with van der Waals surface area (Å²) < 4.78 is 12.9. The molecule has 0 spiro atoms. The Labute approximate surface area is 111 Å². The van der Waals surface area contributed by atoms with Crippen molar-refractivity contribution in [2.75, 3.05) is 13.1 Å². The predicted molar refractivity (Wildman–Crippen MR) is 76.4 cm³/mol. The van der Waals surface area contributed by atoms with Crippen LogP contribution in [0.3, 0.4) is 0 Å². The summed E-state index contributed by atoms with van der Waals surface area (Å²) in [5.74, 6) is 0.372. The maximum absolute atomic E-state index is 12.9. The lowest BCUT2D eigenvalue weighted by molar-refractivity contribution is 0.518. The highest BCUT2D eigenvalue weighted by Gasteiger charge is 2.10. The smallest absolute Gasteiger partial charge is 0.123 e. The molecule has 0 heterocycles. The third kappa shape index (κ3) is 5.63. The highest BCUT2D eigenvalue weighted by atomic mass is 19.1. The molecule has 1 atom stereocenters. The molecule has 0 amide bonds. The van der Waals surface area contributed by atoms with Gasteiger partial charge >= 0.3 is 0 Å². The molecule has 1 nitrogen and oxygen atoms in total. The molecule has 102 valence electrons. The molecule has 0 aliphatic heterocycles. The van der Waals surface area contributed by atoms with E-state index < -0.39 is 0 Å². The van der Waals surface area contributed by atoms with Crippen molar-refractivity contribution in [3.63, 3.8) is 0 Å². The normalized spacial score (nSPS) is 12.6. The van der Waals surface area contributed by atoms with Gasteiger partial charge in [0.1, 0.15) is 5.82 Å². The first-order valence-electron chi connectivity index (χ1n) is 7.24. The molecule has 2 heteroatoms. The largest absolute Gasteiger partial charge is 0.316 e. The van der Waals surface area contributed by atoms with Crippen LogP contribution in [-0.2, 0) is 0 Å². The van der Waals surface area contributed by atoms with Crippen molar-refractivity contribution in [2.24, 2.45) is 0 Å². The maximum atomic E-state index is 12.9. The van der Waals surface area contributed by atoms with Crippen LogP contribution in [-0.4, -0.2) is 13.1 Å². The first-order chi connectivity index (χ1) is 8.77. The van der Waals surface area contributed by atoms with Gasteiger partial charge in [0.2, 0.25) is 0 Å². The second-order valence-corrected chi connectivity index (χ2v) is 4.95. The van der Waals surface area contributed by atoms with Crippen LogP contribution in [0.15, 0.2) is 24.3 Å². The minimum Gasteiger partial charge on any atom is -0.316 e. The molecule has 0 saturated carbocycles. The molecule has 0 aromatic heterocycles. The van der Waals surface area contributed by atoms with Crippen LogP contribution in [0.25, 0.3) is 0 Å². The van der Waals surface area contributed by atoms with Gasteiger partial charge in [-0.05, 0) is 43.0 Å². The average molecular weight is 251 g/mol. The molecule has 0 saturated heterocycles. The van der Waals surface area contributed by atoms with E-state index in [1.54, 1.807) is 12.1 Å². The van der Waals surface area contributed by atoms with Crippen LogP contribution in [0, 0.1) is 5.82 Å². The van der Waals surface area contributed by atoms with Gasteiger partial charge in [-0.1, -0.05) is 45.2 Å². The van der Waals surface area contributed by atoms with Crippen molar-refractivity contribution < 1.29 is 4.39 Å². The number of benzene rings is 1. The highest BCUT2D eigenvalue weighted by molar-refractivity contribution is 5.20. The number of hydrogen-bond acceptors (Lipinski definition) is 1. The maximum Gasteiger partial charge on any atom is 0.123 e. The van der Waals surface area contributed by atoms with Crippen molar-refractivity contribution in [1.29, 1.82) is 0 Å². The topological polar surface area (TPSA) is 12.0 Å². The third-order valence-electron chi connectivity index (χ3n) is 3.32. The van der Waals surface area contributed by atoms with E-state index in [9.17, 15) is 4.39 Å². The van der Waals surface area contributed by atoms with Crippen molar-refractivity contribution in [1.82, 2.24) is 5.32 Å². The molecule has 0 radical (unpaired) electrons. The minimum absolute atomic E-state index is 0.146. The molecule has 1 rings (SSSR count). The zero-order valence-corrected chi connectivity index (χ0v) is 11.7. The highest BCUT2D eigenvalue weighted by Crippen LogP contribution is 2.22. The zero-order chi connectivity index (χ0) is 13.2. The Bertz CT molecular complexity index is 297. The van der Waals surface area contributed by atoms with Gasteiger partial charge in [0, 0.05) is 6.54 Å². The van der Waals surface area contributed by atoms with Crippen LogP contribution >= 0.6 is 0 Å². The SMILES string of the molecule is CCCCCC(CNCCC)c1ccc(F)cc1. The van der Waals surface area contributed by atoms with E-state index in [2.05, 4.69) is 19.2 Å². The minimum atomic E-state index is -0.146. The van der Waals surface area contributed by atoms with Crippen LogP contribution in [0.2, 0.25) is 0 Å². The molecule has 0 fully saturated rings. The first kappa shape index (κ1) is 15.2. The lowest BCUT2D eigenvalue weighted by atomic mass is 9.93. The Morgan fingerprint density at radius 1 is 1.06 bits per heavy atom. The fourth-order valence-corrected chi connectivity index (χ4v) is 2.22. The Kier molecular flexibility index (Phi) is 7.66. The second kappa shape index (κ2) is 9.09. The number of rotatable bonds is 9. The first-order valence-corrected chi connectivity index (χ1v) is 7.24. The van der Waals surface area contributed by atoms with Crippen molar-refractivity contribution >= 4 is 0 Å². The lowest BCUT2D eigenvalue weighted by Gasteiger charge is -2.18. The summed E-state index contributed by atoms with van der Waals surface area (Å²) in [6.45, 7) is 6.47. The molecule has 1 aromatic carbocycles. The van der Waals surface area contributed by atoms with Gasteiger partial charge in [0.15, 0.2) is 0 Å². The molecular weight excluding hydrogens is 225 g/mol. The summed E-state index contributed by atoms with van der Waals surface area (Å²) >= 11 is 0. The Morgan fingerprint density at radius 2 is 1.78 bits per heavy atom. The predicted octanol–water partition coefficient (Wildman–Crippen LogP) is 4.49. The van der Waals surface area contributed by atoms with E-state index in [-0.39, 0.29) is 5.82 Å². The number of nitrogens with one attached hydrogen (secondary N) is 1. The number of hydrogen-bond donors (Lipinski definition) is 1. The molecule has 0 aliphatic rings. The standard InChI is InChI=1S/C16H26FN/c1-3-5-6-7-15(13-18-12-4-2)14-8-10-16(17)11-9-14/h8-11,15,18H,3-7,12-13H2,1-2H3. The average Bonchev–Trinajstić information content (AvgIpc) is 2.38. The van der Waals surface area contributed by atoms with Gasteiger partial charge in [0.05, 0.1) is 0 Å². The van der Waals surface area contributed by atoms with Gasteiger partial charge < -0.3 is 5.32 Å². The summed E-state index contributed by atoms with van der Waals surface area (Å²) in [4.78, 5) is 0. The van der Waals surface area contributed by atoms with Gasteiger partial charge in [-0.15, -0.1) is 0 Å².